The monoisotopic (exact) mass is 311 g/mol. The first-order valence-electron chi connectivity index (χ1n) is 9.35. The summed E-state index contributed by atoms with van der Waals surface area (Å²) in [6.45, 7) is 3.51. The van der Waals surface area contributed by atoms with Crippen molar-refractivity contribution < 1.29 is 0 Å². The second-order valence-corrected chi connectivity index (χ2v) is 7.65. The van der Waals surface area contributed by atoms with E-state index < -0.39 is 0 Å². The van der Waals surface area contributed by atoms with Gasteiger partial charge in [-0.05, 0) is 48.5 Å². The van der Waals surface area contributed by atoms with Crippen LogP contribution >= 0.6 is 0 Å². The van der Waals surface area contributed by atoms with E-state index in [0.717, 1.165) is 36.2 Å². The summed E-state index contributed by atoms with van der Waals surface area (Å²) in [6.07, 6.45) is 7.04. The van der Waals surface area contributed by atoms with Gasteiger partial charge in [-0.3, -0.25) is 4.99 Å². The van der Waals surface area contributed by atoms with Crippen LogP contribution in [0.2, 0.25) is 0 Å². The Kier molecular flexibility index (Phi) is 4.28. The van der Waals surface area contributed by atoms with Gasteiger partial charge in [0.1, 0.15) is 0 Å². The lowest BCUT2D eigenvalue weighted by molar-refractivity contribution is 0.299. The molecular weight excluding hydrogens is 282 g/mol. The molecule has 1 aromatic carbocycles. The minimum atomic E-state index is 0.753. The number of rotatable bonds is 3. The van der Waals surface area contributed by atoms with Crippen molar-refractivity contribution in [3.05, 3.63) is 35.9 Å². The van der Waals surface area contributed by atoms with Crippen LogP contribution in [0.5, 0.6) is 0 Å². The summed E-state index contributed by atoms with van der Waals surface area (Å²) in [5.74, 6) is 4.50. The molecule has 124 valence electrons. The van der Waals surface area contributed by atoms with Gasteiger partial charge in [-0.15, -0.1) is 0 Å². The average molecular weight is 311 g/mol. The van der Waals surface area contributed by atoms with Gasteiger partial charge in [-0.2, -0.15) is 0 Å². The summed E-state index contributed by atoms with van der Waals surface area (Å²) in [4.78, 5) is 7.07. The van der Waals surface area contributed by atoms with Crippen LogP contribution in [0.4, 0.5) is 0 Å². The van der Waals surface area contributed by atoms with E-state index in [0.29, 0.717) is 0 Å². The first-order valence-corrected chi connectivity index (χ1v) is 9.35. The Bertz CT molecular complexity index is 539. The number of aliphatic imine (C=N–C) groups is 1. The summed E-state index contributed by atoms with van der Waals surface area (Å²) in [7, 11) is 1.94. The van der Waals surface area contributed by atoms with E-state index >= 15 is 0 Å². The molecule has 0 spiro atoms. The maximum absolute atomic E-state index is 4.56. The molecule has 0 bridgehead atoms. The van der Waals surface area contributed by atoms with Gasteiger partial charge in [0, 0.05) is 26.7 Å². The third-order valence-electron chi connectivity index (χ3n) is 6.16. The van der Waals surface area contributed by atoms with Crippen LogP contribution in [0, 0.1) is 17.8 Å². The Morgan fingerprint density at radius 1 is 1.13 bits per heavy atom. The quantitative estimate of drug-likeness (QED) is 0.683. The van der Waals surface area contributed by atoms with Crippen molar-refractivity contribution in [2.75, 3.05) is 26.7 Å². The molecule has 1 aromatic rings. The molecule has 3 fully saturated rings. The molecule has 0 radical (unpaired) electrons. The number of fused-ring (bicyclic) bond motifs is 1. The molecule has 4 unspecified atom stereocenters. The van der Waals surface area contributed by atoms with Gasteiger partial charge in [0.15, 0.2) is 5.96 Å². The predicted octanol–water partition coefficient (Wildman–Crippen LogP) is 3.49. The molecule has 1 N–H and O–H groups in total. The molecule has 2 aliphatic carbocycles. The maximum atomic E-state index is 4.56. The van der Waals surface area contributed by atoms with Gasteiger partial charge in [-0.25, -0.2) is 0 Å². The smallest absolute Gasteiger partial charge is 0.193 e. The van der Waals surface area contributed by atoms with Crippen LogP contribution < -0.4 is 5.32 Å². The summed E-state index contributed by atoms with van der Waals surface area (Å²) >= 11 is 0. The van der Waals surface area contributed by atoms with Crippen LogP contribution in [-0.2, 0) is 0 Å². The molecule has 1 heterocycles. The minimum absolute atomic E-state index is 0.753. The van der Waals surface area contributed by atoms with Gasteiger partial charge < -0.3 is 10.2 Å². The van der Waals surface area contributed by atoms with E-state index in [9.17, 15) is 0 Å². The molecule has 23 heavy (non-hydrogen) atoms. The topological polar surface area (TPSA) is 27.6 Å². The highest BCUT2D eigenvalue weighted by Gasteiger charge is 2.39. The van der Waals surface area contributed by atoms with Crippen molar-refractivity contribution in [3.8, 4) is 0 Å². The first-order chi connectivity index (χ1) is 11.3. The van der Waals surface area contributed by atoms with Gasteiger partial charge in [0.2, 0.25) is 0 Å². The molecule has 4 rings (SSSR count). The van der Waals surface area contributed by atoms with Gasteiger partial charge in [0.05, 0.1) is 0 Å². The van der Waals surface area contributed by atoms with Crippen molar-refractivity contribution in [3.63, 3.8) is 0 Å². The van der Waals surface area contributed by atoms with Gasteiger partial charge in [0.25, 0.3) is 0 Å². The van der Waals surface area contributed by atoms with E-state index in [1.807, 2.05) is 7.05 Å². The lowest BCUT2D eigenvalue weighted by Crippen LogP contribution is -2.41. The minimum Gasteiger partial charge on any atom is -0.356 e. The fraction of sp³-hybridized carbons (Fsp3) is 0.650. The fourth-order valence-corrected chi connectivity index (χ4v) is 4.72. The van der Waals surface area contributed by atoms with E-state index in [-0.39, 0.29) is 0 Å². The van der Waals surface area contributed by atoms with Crippen molar-refractivity contribution in [2.24, 2.45) is 22.7 Å². The van der Waals surface area contributed by atoms with Crippen LogP contribution in [0.3, 0.4) is 0 Å². The highest BCUT2D eigenvalue weighted by molar-refractivity contribution is 5.80. The normalized spacial score (nSPS) is 33.4. The number of likely N-dealkylation sites (tertiary alicyclic amines) is 1. The molecule has 1 aliphatic heterocycles. The Morgan fingerprint density at radius 2 is 1.83 bits per heavy atom. The van der Waals surface area contributed by atoms with E-state index in [1.54, 1.807) is 0 Å². The number of benzene rings is 1. The van der Waals surface area contributed by atoms with Crippen LogP contribution in [0.15, 0.2) is 35.3 Å². The fourth-order valence-electron chi connectivity index (χ4n) is 4.72. The molecule has 3 aliphatic rings. The lowest BCUT2D eigenvalue weighted by atomic mass is 9.82. The molecule has 0 aromatic heterocycles. The van der Waals surface area contributed by atoms with Crippen LogP contribution in [-0.4, -0.2) is 37.5 Å². The van der Waals surface area contributed by atoms with Crippen LogP contribution in [0.25, 0.3) is 0 Å². The molecular formula is C20H29N3. The molecule has 3 nitrogen and oxygen atoms in total. The number of hydrogen-bond donors (Lipinski definition) is 1. The summed E-state index contributed by atoms with van der Waals surface area (Å²) in [5.41, 5.74) is 1.50. The zero-order valence-corrected chi connectivity index (χ0v) is 14.2. The van der Waals surface area contributed by atoms with E-state index in [2.05, 4.69) is 45.5 Å². The van der Waals surface area contributed by atoms with Crippen molar-refractivity contribution >= 4 is 5.96 Å². The largest absolute Gasteiger partial charge is 0.356 e. The van der Waals surface area contributed by atoms with E-state index in [1.165, 1.54) is 50.8 Å². The third-order valence-corrected chi connectivity index (χ3v) is 6.16. The third kappa shape index (κ3) is 3.24. The highest BCUT2D eigenvalue weighted by Crippen LogP contribution is 2.46. The summed E-state index contributed by atoms with van der Waals surface area (Å²) in [5, 5.41) is 3.66. The average Bonchev–Trinajstić information content (AvgIpc) is 3.25. The van der Waals surface area contributed by atoms with Gasteiger partial charge in [-0.1, -0.05) is 43.2 Å². The van der Waals surface area contributed by atoms with Crippen molar-refractivity contribution in [1.29, 1.82) is 0 Å². The molecule has 2 saturated carbocycles. The number of hydrogen-bond acceptors (Lipinski definition) is 1. The summed E-state index contributed by atoms with van der Waals surface area (Å²) < 4.78 is 0. The first kappa shape index (κ1) is 15.0. The molecule has 3 heteroatoms. The van der Waals surface area contributed by atoms with Gasteiger partial charge >= 0.3 is 0 Å². The SMILES string of the molecule is CN=C(NCC1CC1c1ccccc1)N1CC2CCCCC2C1. The van der Waals surface area contributed by atoms with E-state index in [4.69, 9.17) is 0 Å². The Labute approximate surface area is 140 Å². The zero-order chi connectivity index (χ0) is 15.6. The molecule has 1 saturated heterocycles. The zero-order valence-electron chi connectivity index (χ0n) is 14.2. The molecule has 4 atom stereocenters. The Balaban J connectivity index is 1.29. The predicted molar refractivity (Wildman–Crippen MR) is 95.7 cm³/mol. The second-order valence-electron chi connectivity index (χ2n) is 7.65. The number of nitrogens with zero attached hydrogens (tertiary/aromatic N) is 2. The number of guanidine groups is 1. The van der Waals surface area contributed by atoms with Crippen LogP contribution in [0.1, 0.15) is 43.6 Å². The van der Waals surface area contributed by atoms with Crippen molar-refractivity contribution in [2.45, 2.75) is 38.0 Å². The molecule has 0 amide bonds. The number of nitrogens with one attached hydrogen (secondary N) is 1. The highest BCUT2D eigenvalue weighted by atomic mass is 15.3. The Hall–Kier alpha value is -1.51. The van der Waals surface area contributed by atoms with Crippen molar-refractivity contribution in [1.82, 2.24) is 10.2 Å². The standard InChI is InChI=1S/C20H29N3/c1-21-20(23-13-16-9-5-6-10-17(16)14-23)22-12-18-11-19(18)15-7-3-2-4-8-15/h2-4,7-8,16-19H,5-6,9-14H2,1H3,(H,21,22). The summed E-state index contributed by atoms with van der Waals surface area (Å²) in [6, 6.07) is 11.0. The maximum Gasteiger partial charge on any atom is 0.193 e. The Morgan fingerprint density at radius 3 is 2.48 bits per heavy atom. The second kappa shape index (κ2) is 6.54. The lowest BCUT2D eigenvalue weighted by Gasteiger charge is -2.22.